The van der Waals surface area contributed by atoms with E-state index in [1.54, 1.807) is 19.9 Å². The third kappa shape index (κ3) is 5.85. The van der Waals surface area contributed by atoms with Crippen molar-refractivity contribution in [3.63, 3.8) is 0 Å². The SMILES string of the molecule is CC(C)NC(=O)c1ccc(Cl)c(NC(=O)/C=C(/c2ccccc2)C(F)(F)F)c1. The fourth-order valence-corrected chi connectivity index (χ4v) is 2.52. The number of carbonyl (C=O) groups is 2. The highest BCUT2D eigenvalue weighted by Gasteiger charge is 2.35. The van der Waals surface area contributed by atoms with E-state index in [9.17, 15) is 22.8 Å². The molecule has 28 heavy (non-hydrogen) atoms. The number of benzene rings is 2. The molecule has 0 aliphatic rings. The predicted octanol–water partition coefficient (Wildman–Crippen LogP) is 5.06. The lowest BCUT2D eigenvalue weighted by molar-refractivity contribution is -0.112. The van der Waals surface area contributed by atoms with Crippen molar-refractivity contribution in [1.82, 2.24) is 5.32 Å². The van der Waals surface area contributed by atoms with Crippen molar-refractivity contribution in [2.75, 3.05) is 5.32 Å². The third-order valence-electron chi connectivity index (χ3n) is 3.57. The predicted molar refractivity (Wildman–Crippen MR) is 103 cm³/mol. The molecule has 2 aromatic carbocycles. The summed E-state index contributed by atoms with van der Waals surface area (Å²) in [4.78, 5) is 24.3. The number of amides is 2. The van der Waals surface area contributed by atoms with Crippen LogP contribution in [0, 0.1) is 0 Å². The molecule has 0 atom stereocenters. The van der Waals surface area contributed by atoms with Crippen LogP contribution in [0.4, 0.5) is 18.9 Å². The number of alkyl halides is 3. The number of rotatable bonds is 5. The molecule has 0 aliphatic heterocycles. The van der Waals surface area contributed by atoms with E-state index in [1.807, 2.05) is 0 Å². The first kappa shape index (κ1) is 21.5. The van der Waals surface area contributed by atoms with Crippen LogP contribution < -0.4 is 10.6 Å². The van der Waals surface area contributed by atoms with Gasteiger partial charge in [-0.2, -0.15) is 13.2 Å². The highest BCUT2D eigenvalue weighted by molar-refractivity contribution is 6.34. The molecule has 0 unspecified atom stereocenters. The number of nitrogens with one attached hydrogen (secondary N) is 2. The number of halogens is 4. The van der Waals surface area contributed by atoms with Gasteiger partial charge < -0.3 is 10.6 Å². The van der Waals surface area contributed by atoms with Gasteiger partial charge in [0.05, 0.1) is 16.3 Å². The van der Waals surface area contributed by atoms with Crippen molar-refractivity contribution < 1.29 is 22.8 Å². The lowest BCUT2D eigenvalue weighted by Crippen LogP contribution is -2.30. The van der Waals surface area contributed by atoms with E-state index >= 15 is 0 Å². The van der Waals surface area contributed by atoms with Gasteiger partial charge in [-0.1, -0.05) is 41.9 Å². The molecule has 2 aromatic rings. The lowest BCUT2D eigenvalue weighted by atomic mass is 10.1. The molecule has 0 fully saturated rings. The minimum absolute atomic E-state index is 0.0360. The largest absolute Gasteiger partial charge is 0.417 e. The summed E-state index contributed by atoms with van der Waals surface area (Å²) in [6.45, 7) is 3.56. The van der Waals surface area contributed by atoms with Gasteiger partial charge in [-0.05, 0) is 37.6 Å². The maximum atomic E-state index is 13.3. The fraction of sp³-hybridized carbons (Fsp3) is 0.200. The quantitative estimate of drug-likeness (QED) is 0.677. The average Bonchev–Trinajstić information content (AvgIpc) is 2.60. The Balaban J connectivity index is 2.30. The molecule has 4 nitrogen and oxygen atoms in total. The van der Waals surface area contributed by atoms with Crippen molar-refractivity contribution in [3.05, 3.63) is 70.8 Å². The molecule has 8 heteroatoms. The van der Waals surface area contributed by atoms with Gasteiger partial charge in [-0.25, -0.2) is 0 Å². The van der Waals surface area contributed by atoms with E-state index in [-0.39, 0.29) is 27.9 Å². The number of hydrogen-bond donors (Lipinski definition) is 2. The Morgan fingerprint density at radius 3 is 2.25 bits per heavy atom. The number of anilines is 1. The van der Waals surface area contributed by atoms with Gasteiger partial charge in [-0.3, -0.25) is 9.59 Å². The van der Waals surface area contributed by atoms with Crippen molar-refractivity contribution >= 4 is 34.7 Å². The van der Waals surface area contributed by atoms with Crippen LogP contribution in [-0.2, 0) is 4.79 Å². The molecule has 0 spiro atoms. The van der Waals surface area contributed by atoms with Crippen LogP contribution in [0.1, 0.15) is 29.8 Å². The van der Waals surface area contributed by atoms with Crippen molar-refractivity contribution in [3.8, 4) is 0 Å². The normalized spacial score (nSPS) is 12.0. The first-order valence-electron chi connectivity index (χ1n) is 8.33. The summed E-state index contributed by atoms with van der Waals surface area (Å²) in [7, 11) is 0. The van der Waals surface area contributed by atoms with Gasteiger partial charge in [-0.15, -0.1) is 0 Å². The van der Waals surface area contributed by atoms with Gasteiger partial charge in [0.25, 0.3) is 5.91 Å². The summed E-state index contributed by atoms with van der Waals surface area (Å²) < 4.78 is 40.0. The molecule has 0 saturated heterocycles. The van der Waals surface area contributed by atoms with Crippen LogP contribution in [0.25, 0.3) is 5.57 Å². The van der Waals surface area contributed by atoms with Gasteiger partial charge in [0.2, 0.25) is 5.91 Å². The van der Waals surface area contributed by atoms with Gasteiger partial charge in [0, 0.05) is 17.7 Å². The maximum Gasteiger partial charge on any atom is 0.417 e. The molecule has 2 rings (SSSR count). The zero-order valence-corrected chi connectivity index (χ0v) is 15.9. The van der Waals surface area contributed by atoms with Crippen molar-refractivity contribution in [1.29, 1.82) is 0 Å². The van der Waals surface area contributed by atoms with Crippen LogP contribution in [-0.4, -0.2) is 24.0 Å². The Morgan fingerprint density at radius 1 is 1.04 bits per heavy atom. The first-order chi connectivity index (χ1) is 13.1. The molecule has 0 heterocycles. The van der Waals surface area contributed by atoms with E-state index in [0.29, 0.717) is 6.08 Å². The highest BCUT2D eigenvalue weighted by atomic mass is 35.5. The monoisotopic (exact) mass is 410 g/mol. The molecule has 0 radical (unpaired) electrons. The first-order valence-corrected chi connectivity index (χ1v) is 8.71. The van der Waals surface area contributed by atoms with E-state index in [0.717, 1.165) is 0 Å². The van der Waals surface area contributed by atoms with E-state index in [2.05, 4.69) is 10.6 Å². The summed E-state index contributed by atoms with van der Waals surface area (Å²) in [6.07, 6.45) is -4.26. The average molecular weight is 411 g/mol. The molecule has 0 aliphatic carbocycles. The minimum atomic E-state index is -4.72. The Morgan fingerprint density at radius 2 is 1.68 bits per heavy atom. The van der Waals surface area contributed by atoms with Crippen molar-refractivity contribution in [2.24, 2.45) is 0 Å². The van der Waals surface area contributed by atoms with E-state index in [4.69, 9.17) is 11.6 Å². The van der Waals surface area contributed by atoms with Crippen LogP contribution in [0.3, 0.4) is 0 Å². The third-order valence-corrected chi connectivity index (χ3v) is 3.90. The molecule has 2 N–H and O–H groups in total. The van der Waals surface area contributed by atoms with Gasteiger partial charge >= 0.3 is 6.18 Å². The van der Waals surface area contributed by atoms with Crippen molar-refractivity contribution in [2.45, 2.75) is 26.1 Å². The molecule has 0 aromatic heterocycles. The van der Waals surface area contributed by atoms with Crippen LogP contribution in [0.2, 0.25) is 5.02 Å². The topological polar surface area (TPSA) is 58.2 Å². The Bertz CT molecular complexity index is 894. The standard InChI is InChI=1S/C20H18ClF3N2O2/c1-12(2)25-19(28)14-8-9-16(21)17(10-14)26-18(27)11-15(20(22,23)24)13-6-4-3-5-7-13/h3-12H,1-2H3,(H,25,28)(H,26,27)/b15-11-. The molecule has 148 valence electrons. The summed E-state index contributed by atoms with van der Waals surface area (Å²) in [5.41, 5.74) is -0.970. The molecular weight excluding hydrogens is 393 g/mol. The molecule has 0 saturated carbocycles. The van der Waals surface area contributed by atoms with E-state index in [1.165, 1.54) is 42.5 Å². The van der Waals surface area contributed by atoms with Crippen LogP contribution in [0.15, 0.2) is 54.6 Å². The van der Waals surface area contributed by atoms with Gasteiger partial charge in [0.1, 0.15) is 0 Å². The van der Waals surface area contributed by atoms with Crippen LogP contribution >= 0.6 is 11.6 Å². The second-order valence-electron chi connectivity index (χ2n) is 6.23. The fourth-order valence-electron chi connectivity index (χ4n) is 2.35. The number of hydrogen-bond acceptors (Lipinski definition) is 2. The summed E-state index contributed by atoms with van der Waals surface area (Å²) in [5, 5.41) is 5.07. The maximum absolute atomic E-state index is 13.3. The zero-order valence-electron chi connectivity index (χ0n) is 15.1. The molecule has 2 amide bonds. The molecular formula is C20H18ClF3N2O2. The highest BCUT2D eigenvalue weighted by Crippen LogP contribution is 2.34. The second-order valence-corrected chi connectivity index (χ2v) is 6.64. The minimum Gasteiger partial charge on any atom is -0.350 e. The Kier molecular flexibility index (Phi) is 6.85. The zero-order chi connectivity index (χ0) is 20.9. The Labute approximate surface area is 165 Å². The summed E-state index contributed by atoms with van der Waals surface area (Å²) in [5.74, 6) is -1.41. The number of allylic oxidation sites excluding steroid dienone is 1. The van der Waals surface area contributed by atoms with Crippen LogP contribution in [0.5, 0.6) is 0 Å². The Hall–Kier alpha value is -2.80. The van der Waals surface area contributed by atoms with E-state index < -0.39 is 23.6 Å². The van der Waals surface area contributed by atoms with Gasteiger partial charge in [0.15, 0.2) is 0 Å². The second kappa shape index (κ2) is 8.93. The summed E-state index contributed by atoms with van der Waals surface area (Å²) >= 11 is 6.00. The summed E-state index contributed by atoms with van der Waals surface area (Å²) in [6, 6.07) is 11.0. The lowest BCUT2D eigenvalue weighted by Gasteiger charge is -2.13. The molecule has 0 bridgehead atoms. The smallest absolute Gasteiger partial charge is 0.350 e. The number of carbonyl (C=O) groups excluding carboxylic acids is 2.